The van der Waals surface area contributed by atoms with Crippen LogP contribution in [0.25, 0.3) is 0 Å². The Kier molecular flexibility index (Phi) is 8.85. The zero-order chi connectivity index (χ0) is 19.6. The molecule has 0 spiro atoms. The van der Waals surface area contributed by atoms with Crippen molar-refractivity contribution in [2.24, 2.45) is 0 Å². The summed E-state index contributed by atoms with van der Waals surface area (Å²) in [5.41, 5.74) is 0.625. The van der Waals surface area contributed by atoms with Crippen molar-refractivity contribution in [3.63, 3.8) is 0 Å². The van der Waals surface area contributed by atoms with Crippen LogP contribution in [0, 0.1) is 0 Å². The number of rotatable bonds is 8. The molecule has 0 saturated carbocycles. The number of alkyl carbamates (subject to hydrolysis) is 1. The Labute approximate surface area is 156 Å². The van der Waals surface area contributed by atoms with Gasteiger partial charge in [-0.15, -0.1) is 0 Å². The van der Waals surface area contributed by atoms with Crippen molar-refractivity contribution in [3.05, 3.63) is 48.0 Å². The first-order valence-electron chi connectivity index (χ1n) is 8.70. The summed E-state index contributed by atoms with van der Waals surface area (Å²) in [5, 5.41) is 2.84. The average Bonchev–Trinajstić information content (AvgIpc) is 2.53. The van der Waals surface area contributed by atoms with E-state index in [0.717, 1.165) is 5.56 Å². The van der Waals surface area contributed by atoms with Crippen molar-refractivity contribution < 1.29 is 19.1 Å². The van der Waals surface area contributed by atoms with Gasteiger partial charge in [0.1, 0.15) is 5.60 Å². The molecule has 1 atom stereocenters. The molecular formula is C20H30N2O4. The average molecular weight is 362 g/mol. The summed E-state index contributed by atoms with van der Waals surface area (Å²) in [6.45, 7) is 9.28. The minimum Gasteiger partial charge on any atom is -0.466 e. The quantitative estimate of drug-likeness (QED) is 0.568. The standard InChI is InChI=1S/C20H30N2O4/c1-16(21-19(24)26-20(2,3)4)14-22(13-9-12-18(23)25-5)15-17-10-7-6-8-11-17/h6-12,16H,13-15H2,1-5H3,(H,21,24)/b12-9+. The second-order valence-electron chi connectivity index (χ2n) is 7.15. The smallest absolute Gasteiger partial charge is 0.407 e. The maximum Gasteiger partial charge on any atom is 0.407 e. The molecule has 0 aliphatic heterocycles. The lowest BCUT2D eigenvalue weighted by Gasteiger charge is -2.26. The zero-order valence-electron chi connectivity index (χ0n) is 16.3. The number of ether oxygens (including phenoxy) is 2. The minimum atomic E-state index is -0.531. The molecule has 1 N–H and O–H groups in total. The van der Waals surface area contributed by atoms with Crippen LogP contribution >= 0.6 is 0 Å². The lowest BCUT2D eigenvalue weighted by molar-refractivity contribution is -0.134. The number of esters is 1. The molecule has 26 heavy (non-hydrogen) atoms. The number of amides is 1. The van der Waals surface area contributed by atoms with Crippen LogP contribution in [0.4, 0.5) is 4.79 Å². The number of nitrogens with one attached hydrogen (secondary N) is 1. The SMILES string of the molecule is COC(=O)/C=C/CN(Cc1ccccc1)CC(C)NC(=O)OC(C)(C)C. The lowest BCUT2D eigenvalue weighted by atomic mass is 10.2. The van der Waals surface area contributed by atoms with E-state index in [0.29, 0.717) is 19.6 Å². The van der Waals surface area contributed by atoms with Crippen LogP contribution in [0.1, 0.15) is 33.3 Å². The first-order chi connectivity index (χ1) is 12.2. The van der Waals surface area contributed by atoms with Gasteiger partial charge in [0.15, 0.2) is 0 Å². The molecule has 144 valence electrons. The predicted molar refractivity (Wildman–Crippen MR) is 102 cm³/mol. The number of benzene rings is 1. The van der Waals surface area contributed by atoms with Crippen LogP contribution in [0.2, 0.25) is 0 Å². The van der Waals surface area contributed by atoms with Gasteiger partial charge >= 0.3 is 12.1 Å². The van der Waals surface area contributed by atoms with E-state index in [2.05, 4.69) is 15.0 Å². The molecule has 1 unspecified atom stereocenters. The fourth-order valence-corrected chi connectivity index (χ4v) is 2.35. The number of hydrogen-bond donors (Lipinski definition) is 1. The third-order valence-corrected chi connectivity index (χ3v) is 3.36. The highest BCUT2D eigenvalue weighted by molar-refractivity contribution is 5.81. The Morgan fingerprint density at radius 3 is 2.46 bits per heavy atom. The van der Waals surface area contributed by atoms with E-state index in [1.165, 1.54) is 13.2 Å². The van der Waals surface area contributed by atoms with Gasteiger partial charge in [0.05, 0.1) is 7.11 Å². The van der Waals surface area contributed by atoms with E-state index >= 15 is 0 Å². The van der Waals surface area contributed by atoms with Gasteiger partial charge in [-0.2, -0.15) is 0 Å². The second-order valence-corrected chi connectivity index (χ2v) is 7.15. The molecule has 6 nitrogen and oxygen atoms in total. The highest BCUT2D eigenvalue weighted by Gasteiger charge is 2.18. The van der Waals surface area contributed by atoms with Crippen molar-refractivity contribution in [2.45, 2.75) is 45.9 Å². The maximum absolute atomic E-state index is 11.9. The molecule has 0 bridgehead atoms. The van der Waals surface area contributed by atoms with E-state index in [-0.39, 0.29) is 12.0 Å². The summed E-state index contributed by atoms with van der Waals surface area (Å²) < 4.78 is 9.90. The number of methoxy groups -OCH3 is 1. The van der Waals surface area contributed by atoms with Crippen LogP contribution in [0.15, 0.2) is 42.5 Å². The number of carbonyl (C=O) groups excluding carboxylic acids is 2. The summed E-state index contributed by atoms with van der Waals surface area (Å²) in [6.07, 6.45) is 2.73. The Bertz CT molecular complexity index is 594. The van der Waals surface area contributed by atoms with Gasteiger partial charge in [0, 0.05) is 31.8 Å². The molecule has 0 aromatic heterocycles. The van der Waals surface area contributed by atoms with E-state index in [1.54, 1.807) is 6.08 Å². The van der Waals surface area contributed by atoms with Crippen molar-refractivity contribution in [1.82, 2.24) is 10.2 Å². The predicted octanol–water partition coefficient (Wildman–Crippen LogP) is 3.13. The molecule has 0 aliphatic rings. The Balaban J connectivity index is 2.66. The van der Waals surface area contributed by atoms with Crippen molar-refractivity contribution in [3.8, 4) is 0 Å². The molecule has 1 aromatic rings. The van der Waals surface area contributed by atoms with Crippen molar-refractivity contribution >= 4 is 12.1 Å². The van der Waals surface area contributed by atoms with Crippen molar-refractivity contribution in [1.29, 1.82) is 0 Å². The molecule has 0 fully saturated rings. The van der Waals surface area contributed by atoms with Gasteiger partial charge in [-0.05, 0) is 33.3 Å². The van der Waals surface area contributed by atoms with Crippen LogP contribution in [0.5, 0.6) is 0 Å². The summed E-state index contributed by atoms with van der Waals surface area (Å²) >= 11 is 0. The maximum atomic E-state index is 11.9. The normalized spacial score (nSPS) is 12.8. The summed E-state index contributed by atoms with van der Waals surface area (Å²) in [5.74, 6) is -0.385. The van der Waals surface area contributed by atoms with Gasteiger partial charge in [0.2, 0.25) is 0 Å². The Morgan fingerprint density at radius 1 is 1.23 bits per heavy atom. The topological polar surface area (TPSA) is 67.9 Å². The van der Waals surface area contributed by atoms with Gasteiger partial charge < -0.3 is 14.8 Å². The van der Waals surface area contributed by atoms with E-state index in [1.807, 2.05) is 58.0 Å². The van der Waals surface area contributed by atoms with Crippen molar-refractivity contribution in [2.75, 3.05) is 20.2 Å². The monoisotopic (exact) mass is 362 g/mol. The summed E-state index contributed by atoms with van der Waals surface area (Å²) in [6, 6.07) is 9.92. The molecule has 1 aromatic carbocycles. The molecule has 6 heteroatoms. The third kappa shape index (κ3) is 9.84. The summed E-state index contributed by atoms with van der Waals surface area (Å²) in [7, 11) is 1.35. The molecule has 0 aliphatic carbocycles. The number of hydrogen-bond acceptors (Lipinski definition) is 5. The molecule has 0 radical (unpaired) electrons. The van der Waals surface area contributed by atoms with Gasteiger partial charge in [-0.25, -0.2) is 9.59 Å². The van der Waals surface area contributed by atoms with E-state index < -0.39 is 11.7 Å². The first kappa shape index (κ1) is 21.7. The van der Waals surface area contributed by atoms with Crippen LogP contribution in [-0.2, 0) is 20.8 Å². The number of nitrogens with zero attached hydrogens (tertiary/aromatic N) is 1. The van der Waals surface area contributed by atoms with Gasteiger partial charge in [-0.1, -0.05) is 36.4 Å². The molecular weight excluding hydrogens is 332 g/mol. The largest absolute Gasteiger partial charge is 0.466 e. The van der Waals surface area contributed by atoms with Gasteiger partial charge in [0.25, 0.3) is 0 Å². The third-order valence-electron chi connectivity index (χ3n) is 3.36. The van der Waals surface area contributed by atoms with E-state index in [9.17, 15) is 9.59 Å². The highest BCUT2D eigenvalue weighted by atomic mass is 16.6. The zero-order valence-corrected chi connectivity index (χ0v) is 16.3. The molecule has 1 rings (SSSR count). The van der Waals surface area contributed by atoms with Gasteiger partial charge in [-0.3, -0.25) is 4.90 Å². The van der Waals surface area contributed by atoms with Crippen LogP contribution < -0.4 is 5.32 Å². The highest BCUT2D eigenvalue weighted by Crippen LogP contribution is 2.08. The minimum absolute atomic E-state index is 0.111. The second kappa shape index (κ2) is 10.6. The summed E-state index contributed by atoms with van der Waals surface area (Å²) in [4.78, 5) is 25.3. The van der Waals surface area contributed by atoms with Crippen LogP contribution in [0.3, 0.4) is 0 Å². The fourth-order valence-electron chi connectivity index (χ4n) is 2.35. The molecule has 0 saturated heterocycles. The number of carbonyl (C=O) groups is 2. The molecule has 1 amide bonds. The van der Waals surface area contributed by atoms with E-state index in [4.69, 9.17) is 4.74 Å². The Morgan fingerprint density at radius 2 is 1.88 bits per heavy atom. The molecule has 0 heterocycles. The van der Waals surface area contributed by atoms with Crippen LogP contribution in [-0.4, -0.2) is 48.8 Å². The first-order valence-corrected chi connectivity index (χ1v) is 8.70. The fraction of sp³-hybridized carbons (Fsp3) is 0.500. The Hall–Kier alpha value is -2.34. The lowest BCUT2D eigenvalue weighted by Crippen LogP contribution is -2.43.